The van der Waals surface area contributed by atoms with Crippen LogP contribution in [0.3, 0.4) is 0 Å². The van der Waals surface area contributed by atoms with Crippen LogP contribution in [-0.4, -0.2) is 33.2 Å². The van der Waals surface area contributed by atoms with Crippen LogP contribution in [0.5, 0.6) is 5.75 Å². The topological polar surface area (TPSA) is 77.2 Å². The molecule has 0 aliphatic carbocycles. The Bertz CT molecular complexity index is 1380. The minimum atomic E-state index is -4.51. The Morgan fingerprint density at radius 1 is 0.971 bits per heavy atom. The zero-order valence-corrected chi connectivity index (χ0v) is 19.4. The van der Waals surface area contributed by atoms with Gasteiger partial charge in [-0.2, -0.15) is 13.2 Å². The largest absolute Gasteiger partial charge is 0.505 e. The van der Waals surface area contributed by atoms with E-state index in [1.165, 1.54) is 13.2 Å². The summed E-state index contributed by atoms with van der Waals surface area (Å²) in [4.78, 5) is 12.9. The maximum Gasteiger partial charge on any atom is 0.416 e. The number of methoxy groups -OCH3 is 1. The van der Waals surface area contributed by atoms with Gasteiger partial charge >= 0.3 is 12.1 Å². The Labute approximate surface area is 200 Å². The van der Waals surface area contributed by atoms with Crippen molar-refractivity contribution in [3.63, 3.8) is 0 Å². The summed E-state index contributed by atoms with van der Waals surface area (Å²) < 4.78 is 44.2. The maximum absolute atomic E-state index is 13.2. The highest BCUT2D eigenvalue weighted by Gasteiger charge is 2.32. The molecule has 1 aromatic heterocycles. The number of esters is 1. The lowest BCUT2D eigenvalue weighted by atomic mass is 9.76. The highest BCUT2D eigenvalue weighted by Crippen LogP contribution is 2.41. The molecule has 0 aliphatic heterocycles. The van der Waals surface area contributed by atoms with E-state index in [1.807, 2.05) is 50.2 Å². The predicted molar refractivity (Wildman–Crippen MR) is 124 cm³/mol. The molecule has 0 bridgehead atoms. The Morgan fingerprint density at radius 2 is 1.66 bits per heavy atom. The number of nitrogens with zero attached hydrogens (tertiary/aromatic N) is 3. The number of alkyl halides is 3. The number of fused-ring (bicyclic) bond motifs is 1. The lowest BCUT2D eigenvalue weighted by molar-refractivity contribution is -0.140. The average Bonchev–Trinajstić information content (AvgIpc) is 3.26. The van der Waals surface area contributed by atoms with Gasteiger partial charge in [0.15, 0.2) is 0 Å². The number of benzene rings is 3. The summed E-state index contributed by atoms with van der Waals surface area (Å²) in [5.74, 6) is -0.483. The number of aromatic hydroxyl groups is 1. The number of phenolic OH excluding ortho intramolecular Hbond substituents is 1. The number of hydrogen-bond acceptors (Lipinski definition) is 5. The molecule has 1 N–H and O–H groups in total. The number of phenols is 1. The minimum absolute atomic E-state index is 0.0445. The highest BCUT2D eigenvalue weighted by atomic mass is 19.4. The molecule has 9 heteroatoms. The van der Waals surface area contributed by atoms with Crippen molar-refractivity contribution in [2.75, 3.05) is 7.11 Å². The summed E-state index contributed by atoms with van der Waals surface area (Å²) in [6.07, 6.45) is -4.06. The van der Waals surface area contributed by atoms with Crippen molar-refractivity contribution >= 4 is 17.0 Å². The molecule has 0 atom stereocenters. The van der Waals surface area contributed by atoms with Gasteiger partial charge in [-0.15, -0.1) is 15.0 Å². The number of halogens is 3. The van der Waals surface area contributed by atoms with E-state index in [4.69, 9.17) is 4.74 Å². The summed E-state index contributed by atoms with van der Waals surface area (Å²) in [5.41, 5.74) is 1.26. The van der Waals surface area contributed by atoms with Crippen molar-refractivity contribution in [1.29, 1.82) is 0 Å². The monoisotopic (exact) mass is 483 g/mol. The molecule has 0 saturated carbocycles. The van der Waals surface area contributed by atoms with Crippen LogP contribution in [0.2, 0.25) is 0 Å². The number of aromatic nitrogens is 3. The van der Waals surface area contributed by atoms with E-state index in [0.717, 1.165) is 28.1 Å². The third kappa shape index (κ3) is 4.84. The van der Waals surface area contributed by atoms with Crippen molar-refractivity contribution in [3.8, 4) is 11.4 Å². The fourth-order valence-electron chi connectivity index (χ4n) is 4.01. The molecule has 6 nitrogen and oxygen atoms in total. The first-order chi connectivity index (χ1) is 16.5. The third-order valence-electron chi connectivity index (χ3n) is 6.09. The van der Waals surface area contributed by atoms with Gasteiger partial charge in [-0.3, -0.25) is 4.79 Å². The molecular formula is C26H24F3N3O3. The summed E-state index contributed by atoms with van der Waals surface area (Å²) in [7, 11) is 1.31. The molecular weight excluding hydrogens is 459 g/mol. The van der Waals surface area contributed by atoms with Gasteiger partial charge in [-0.05, 0) is 41.8 Å². The second kappa shape index (κ2) is 9.05. The quantitative estimate of drug-likeness (QED) is 0.363. The lowest BCUT2D eigenvalue weighted by Gasteiger charge is -2.28. The molecule has 35 heavy (non-hydrogen) atoms. The number of hydrogen-bond donors (Lipinski definition) is 1. The standard InChI is InChI=1S/C26H24F3N3O3/c1-25(2,17-7-5-4-6-8-17)19-13-16(9-12-23(33)35-3)14-22(24(19)34)32-30-20-11-10-18(26(27,28)29)15-21(20)31-32/h4-8,10-11,13-15,34H,9,12H2,1-3H3. The molecule has 182 valence electrons. The Hall–Kier alpha value is -3.88. The minimum Gasteiger partial charge on any atom is -0.505 e. The molecule has 4 aromatic rings. The van der Waals surface area contributed by atoms with E-state index >= 15 is 0 Å². The van der Waals surface area contributed by atoms with Gasteiger partial charge < -0.3 is 9.84 Å². The lowest BCUT2D eigenvalue weighted by Crippen LogP contribution is -2.20. The van der Waals surface area contributed by atoms with E-state index in [-0.39, 0.29) is 34.9 Å². The molecule has 0 spiro atoms. The molecule has 3 aromatic carbocycles. The number of rotatable bonds is 6. The average molecular weight is 483 g/mol. The molecule has 0 unspecified atom stereocenters. The smallest absolute Gasteiger partial charge is 0.416 e. The van der Waals surface area contributed by atoms with Crippen LogP contribution >= 0.6 is 0 Å². The van der Waals surface area contributed by atoms with Crippen molar-refractivity contribution in [2.24, 2.45) is 0 Å². The molecule has 4 rings (SSSR count). The first kappa shape index (κ1) is 24.3. The predicted octanol–water partition coefficient (Wildman–Crippen LogP) is 5.58. The van der Waals surface area contributed by atoms with Crippen LogP contribution < -0.4 is 0 Å². The van der Waals surface area contributed by atoms with Gasteiger partial charge in [0.25, 0.3) is 0 Å². The van der Waals surface area contributed by atoms with Gasteiger partial charge in [0.05, 0.1) is 12.7 Å². The Balaban J connectivity index is 1.87. The summed E-state index contributed by atoms with van der Waals surface area (Å²) in [6, 6.07) is 16.1. The second-order valence-electron chi connectivity index (χ2n) is 8.77. The van der Waals surface area contributed by atoms with E-state index in [9.17, 15) is 23.1 Å². The Morgan fingerprint density at radius 3 is 2.31 bits per heavy atom. The first-order valence-corrected chi connectivity index (χ1v) is 10.9. The maximum atomic E-state index is 13.2. The van der Waals surface area contributed by atoms with Crippen LogP contribution in [0.25, 0.3) is 16.7 Å². The third-order valence-corrected chi connectivity index (χ3v) is 6.09. The molecule has 0 saturated heterocycles. The molecule has 0 radical (unpaired) electrons. The molecule has 1 heterocycles. The van der Waals surface area contributed by atoms with Crippen LogP contribution in [0.1, 0.15) is 42.5 Å². The van der Waals surface area contributed by atoms with Crippen LogP contribution in [-0.2, 0) is 27.5 Å². The second-order valence-corrected chi connectivity index (χ2v) is 8.77. The van der Waals surface area contributed by atoms with E-state index < -0.39 is 17.2 Å². The van der Waals surface area contributed by atoms with Gasteiger partial charge in [0.2, 0.25) is 0 Å². The summed E-state index contributed by atoms with van der Waals surface area (Å²) in [5, 5.41) is 19.8. The fourth-order valence-corrected chi connectivity index (χ4v) is 4.01. The zero-order chi connectivity index (χ0) is 25.4. The SMILES string of the molecule is COC(=O)CCc1cc(-n2nc3ccc(C(F)(F)F)cc3n2)c(O)c(C(C)(C)c2ccccc2)c1. The highest BCUT2D eigenvalue weighted by molar-refractivity contribution is 5.75. The van der Waals surface area contributed by atoms with Crippen molar-refractivity contribution < 1.29 is 27.8 Å². The van der Waals surface area contributed by atoms with Gasteiger partial charge in [-0.1, -0.05) is 50.2 Å². The Kier molecular flexibility index (Phi) is 6.27. The molecule has 0 amide bonds. The van der Waals surface area contributed by atoms with E-state index in [1.54, 1.807) is 6.07 Å². The zero-order valence-electron chi connectivity index (χ0n) is 19.4. The summed E-state index contributed by atoms with van der Waals surface area (Å²) in [6.45, 7) is 3.90. The van der Waals surface area contributed by atoms with Crippen LogP contribution in [0, 0.1) is 0 Å². The van der Waals surface area contributed by atoms with Gasteiger partial charge in [0, 0.05) is 17.4 Å². The normalized spacial score (nSPS) is 12.2. The van der Waals surface area contributed by atoms with Crippen molar-refractivity contribution in [1.82, 2.24) is 15.0 Å². The number of aryl methyl sites for hydroxylation is 1. The van der Waals surface area contributed by atoms with E-state index in [2.05, 4.69) is 10.2 Å². The van der Waals surface area contributed by atoms with Crippen molar-refractivity contribution in [2.45, 2.75) is 38.3 Å². The van der Waals surface area contributed by atoms with Gasteiger partial charge in [0.1, 0.15) is 22.5 Å². The van der Waals surface area contributed by atoms with Gasteiger partial charge in [-0.25, -0.2) is 0 Å². The number of ether oxygens (including phenoxy) is 1. The molecule has 0 fully saturated rings. The van der Waals surface area contributed by atoms with Crippen LogP contribution in [0.4, 0.5) is 13.2 Å². The fraction of sp³-hybridized carbons (Fsp3) is 0.269. The first-order valence-electron chi connectivity index (χ1n) is 10.9. The number of carbonyl (C=O) groups is 1. The number of carbonyl (C=O) groups excluding carboxylic acids is 1. The van der Waals surface area contributed by atoms with Crippen molar-refractivity contribution in [3.05, 3.63) is 82.9 Å². The molecule has 0 aliphatic rings. The summed E-state index contributed by atoms with van der Waals surface area (Å²) >= 11 is 0. The van der Waals surface area contributed by atoms with E-state index in [0.29, 0.717) is 12.0 Å². The van der Waals surface area contributed by atoms with Crippen LogP contribution in [0.15, 0.2) is 60.7 Å².